The Labute approximate surface area is 391 Å². The highest BCUT2D eigenvalue weighted by atomic mass is 19.4. The fraction of sp³-hybridized carbons (Fsp3) is 0.404. The van der Waals surface area contributed by atoms with Crippen LogP contribution < -0.4 is 20.9 Å². The molecule has 6 heterocycles. The molecule has 2 aliphatic rings. The molecule has 6 aromatic rings. The van der Waals surface area contributed by atoms with E-state index in [1.54, 1.807) is 52.2 Å². The molecule has 0 unspecified atom stereocenters. The molecule has 68 heavy (non-hydrogen) atoms. The number of halogens is 5. The first kappa shape index (κ1) is 50.0. The third kappa shape index (κ3) is 13.6. The van der Waals surface area contributed by atoms with Gasteiger partial charge in [-0.15, -0.1) is 0 Å². The van der Waals surface area contributed by atoms with Gasteiger partial charge >= 0.3 is 18.2 Å². The number of para-hydroxylation sites is 4. The SMILES string of the molecule is O=C(O)C(F)(F)F.[2H]CC.[C-]#[N+]c1ccc(Cn2c(N3CC[C@@H](F)[C@H](N)C3)nc3ccccc32)nc1.[C-]#[N+]c1ccc(Cn2c(N3CC[C@@H](F)[C@H](NC(=O)OC(C)(C)C)C3)nc3ccccc32)nc1. The van der Waals surface area contributed by atoms with Crippen molar-refractivity contribution in [2.75, 3.05) is 36.0 Å². The molecule has 0 bridgehead atoms. The molecule has 8 rings (SSSR count). The number of hydrogen-bond donors (Lipinski definition) is 3. The number of pyridine rings is 2. The number of nitrogens with two attached hydrogens (primary N) is 1. The maximum Gasteiger partial charge on any atom is 0.490 e. The molecule has 2 aliphatic heterocycles. The second kappa shape index (κ2) is 22.9. The average Bonchev–Trinajstić information content (AvgIpc) is 3.86. The predicted molar refractivity (Wildman–Crippen MR) is 248 cm³/mol. The Bertz CT molecular complexity index is 2730. The fourth-order valence-electron chi connectivity index (χ4n) is 7.23. The van der Waals surface area contributed by atoms with Gasteiger partial charge in [0.1, 0.15) is 17.9 Å². The summed E-state index contributed by atoms with van der Waals surface area (Å²) < 4.78 is 75.9. The van der Waals surface area contributed by atoms with E-state index in [2.05, 4.69) is 29.5 Å². The minimum Gasteiger partial charge on any atom is -0.475 e. The van der Waals surface area contributed by atoms with E-state index >= 15 is 0 Å². The first-order chi connectivity index (χ1) is 32.7. The van der Waals surface area contributed by atoms with Crippen LogP contribution in [-0.2, 0) is 22.6 Å². The van der Waals surface area contributed by atoms with Crippen LogP contribution in [0.2, 0.25) is 0 Å². The number of aromatic nitrogens is 6. The van der Waals surface area contributed by atoms with Crippen molar-refractivity contribution in [3.05, 3.63) is 119 Å². The van der Waals surface area contributed by atoms with Crippen molar-refractivity contribution in [1.29, 1.82) is 0 Å². The molecule has 4 aromatic heterocycles. The average molecular weight is 946 g/mol. The lowest BCUT2D eigenvalue weighted by Gasteiger charge is -2.36. The number of carbonyl (C=O) groups excluding carboxylic acids is 1. The molecule has 1 amide bonds. The maximum absolute atomic E-state index is 14.7. The van der Waals surface area contributed by atoms with Gasteiger partial charge in [-0.3, -0.25) is 9.97 Å². The van der Waals surface area contributed by atoms with Crippen molar-refractivity contribution in [3.63, 3.8) is 0 Å². The van der Waals surface area contributed by atoms with E-state index in [0.29, 0.717) is 63.4 Å². The normalized spacial score (nSPS) is 18.3. The van der Waals surface area contributed by atoms with Gasteiger partial charge in [0.25, 0.3) is 0 Å². The number of nitrogens with one attached hydrogen (secondary N) is 1. The van der Waals surface area contributed by atoms with Crippen molar-refractivity contribution in [3.8, 4) is 0 Å². The number of rotatable bonds is 7. The van der Waals surface area contributed by atoms with Gasteiger partial charge < -0.3 is 39.8 Å². The summed E-state index contributed by atoms with van der Waals surface area (Å²) in [6, 6.07) is 21.7. The van der Waals surface area contributed by atoms with Crippen molar-refractivity contribution < 1.29 is 42.8 Å². The summed E-state index contributed by atoms with van der Waals surface area (Å²) >= 11 is 0. The molecule has 2 fully saturated rings. The van der Waals surface area contributed by atoms with Crippen LogP contribution in [-0.4, -0.2) is 109 Å². The molecule has 0 radical (unpaired) electrons. The molecule has 21 heteroatoms. The van der Waals surface area contributed by atoms with Gasteiger partial charge in [0, 0.05) is 39.9 Å². The number of aliphatic carboxylic acids is 1. The second-order valence-corrected chi connectivity index (χ2v) is 16.4. The van der Waals surface area contributed by atoms with E-state index in [4.69, 9.17) is 44.9 Å². The van der Waals surface area contributed by atoms with Gasteiger partial charge in [0.05, 0.1) is 71.8 Å². The summed E-state index contributed by atoms with van der Waals surface area (Å²) in [4.78, 5) is 50.3. The number of carboxylic acid groups (broad SMARTS) is 1. The number of imidazole rings is 2. The molecule has 16 nitrogen and oxygen atoms in total. The van der Waals surface area contributed by atoms with E-state index in [0.717, 1.165) is 39.4 Å². The number of nitrogens with zero attached hydrogens (tertiary/aromatic N) is 10. The highest BCUT2D eigenvalue weighted by molar-refractivity contribution is 5.80. The summed E-state index contributed by atoms with van der Waals surface area (Å²) in [6.45, 7) is 24.5. The third-order valence-corrected chi connectivity index (χ3v) is 10.4. The first-order valence-corrected chi connectivity index (χ1v) is 21.4. The topological polar surface area (TPSA) is 178 Å². The lowest BCUT2D eigenvalue weighted by molar-refractivity contribution is -0.192. The van der Waals surface area contributed by atoms with E-state index in [-0.39, 0.29) is 13.0 Å². The Morgan fingerprint density at radius 1 is 0.809 bits per heavy atom. The van der Waals surface area contributed by atoms with Crippen LogP contribution in [0.4, 0.5) is 50.0 Å². The minimum atomic E-state index is -5.08. The smallest absolute Gasteiger partial charge is 0.475 e. The number of hydrogen-bond acceptors (Lipinski definition) is 10. The number of carbonyl (C=O) groups is 2. The maximum atomic E-state index is 14.7. The summed E-state index contributed by atoms with van der Waals surface area (Å²) in [5, 5.41) is 9.81. The molecule has 0 saturated carbocycles. The van der Waals surface area contributed by atoms with Crippen LogP contribution in [0.25, 0.3) is 31.8 Å². The number of alkyl carbamates (subject to hydrolysis) is 1. The van der Waals surface area contributed by atoms with Crippen molar-refractivity contribution in [2.24, 2.45) is 5.73 Å². The minimum absolute atomic E-state index is 0.265. The number of anilines is 2. The van der Waals surface area contributed by atoms with Crippen molar-refractivity contribution in [2.45, 2.75) is 96.7 Å². The van der Waals surface area contributed by atoms with Crippen LogP contribution >= 0.6 is 0 Å². The van der Waals surface area contributed by atoms with Crippen LogP contribution in [0.15, 0.2) is 85.2 Å². The number of benzene rings is 2. The summed E-state index contributed by atoms with van der Waals surface area (Å²) in [7, 11) is 0. The lowest BCUT2D eigenvalue weighted by Crippen LogP contribution is -2.55. The van der Waals surface area contributed by atoms with Crippen LogP contribution in [0.1, 0.15) is 60.2 Å². The van der Waals surface area contributed by atoms with E-state index < -0.39 is 48.3 Å². The van der Waals surface area contributed by atoms with Crippen LogP contribution in [0.5, 0.6) is 0 Å². The number of alkyl halides is 5. The molecule has 4 N–H and O–H groups in total. The highest BCUT2D eigenvalue weighted by Gasteiger charge is 2.38. The Kier molecular flexibility index (Phi) is 16.8. The van der Waals surface area contributed by atoms with Gasteiger partial charge in [0.15, 0.2) is 0 Å². The molecule has 360 valence electrons. The largest absolute Gasteiger partial charge is 0.490 e. The molecule has 0 aliphatic carbocycles. The zero-order valence-corrected chi connectivity index (χ0v) is 37.9. The number of fused-ring (bicyclic) bond motifs is 2. The Morgan fingerprint density at radius 3 is 1.65 bits per heavy atom. The van der Waals surface area contributed by atoms with E-state index in [1.807, 2.05) is 75.0 Å². The Hall–Kier alpha value is -7.39. The lowest BCUT2D eigenvalue weighted by atomic mass is 10.0. The molecular weight excluding hydrogens is 892 g/mol. The van der Waals surface area contributed by atoms with Crippen LogP contribution in [0.3, 0.4) is 0 Å². The first-order valence-electron chi connectivity index (χ1n) is 22.1. The Morgan fingerprint density at radius 2 is 1.25 bits per heavy atom. The predicted octanol–water partition coefficient (Wildman–Crippen LogP) is 9.04. The standard InChI is InChI=1S/C24H27FN6O2.C19H19FN6.C2HF3O2.C2H6/c1-24(2,3)33-23(32)29-20-15-30(12-11-18(20)25)22-28-19-7-5-6-8-21(19)31(22)14-17-10-9-16(26-4)13-27-17;1-22-13-6-7-14(23-10-13)11-26-18-5-3-2-4-17(18)24-19(26)25-9-8-15(20)16(21)12-25;3-2(4,5)1(6)7;1-2/h5-10,13,18,20H,11-12,14-15H2,1-3H3,(H,29,32);2-7,10,15-16H,8-9,11-12,21H2;(H,6,7);1-2H3/t18-,20-;15-,16-;;/m11../s1/i;;;1D. The van der Waals surface area contributed by atoms with Crippen molar-refractivity contribution >= 4 is 57.4 Å². The molecule has 0 spiro atoms. The monoisotopic (exact) mass is 945 g/mol. The number of amides is 1. The third-order valence-electron chi connectivity index (χ3n) is 10.4. The summed E-state index contributed by atoms with van der Waals surface area (Å²) in [5.74, 6) is -1.28. The fourth-order valence-corrected chi connectivity index (χ4v) is 7.23. The Balaban J connectivity index is 0.000000219. The molecule has 4 atom stereocenters. The number of carboxylic acids is 1. The van der Waals surface area contributed by atoms with Gasteiger partial charge in [-0.05, 0) is 70.0 Å². The summed E-state index contributed by atoms with van der Waals surface area (Å²) in [5.41, 5.74) is 11.5. The molecule has 2 saturated heterocycles. The van der Waals surface area contributed by atoms with Gasteiger partial charge in [-0.2, -0.15) is 13.2 Å². The summed E-state index contributed by atoms with van der Waals surface area (Å²) in [6.07, 6.45) is -4.05. The highest BCUT2D eigenvalue weighted by Crippen LogP contribution is 2.29. The molecular formula is C47H53F5N12O4. The zero-order chi connectivity index (χ0) is 50.5. The van der Waals surface area contributed by atoms with E-state index in [9.17, 15) is 26.7 Å². The van der Waals surface area contributed by atoms with Gasteiger partial charge in [-0.1, -0.05) is 50.2 Å². The number of piperidine rings is 2. The number of ether oxygens (including phenoxy) is 1. The van der Waals surface area contributed by atoms with Crippen molar-refractivity contribution in [1.82, 2.24) is 34.4 Å². The second-order valence-electron chi connectivity index (χ2n) is 16.4. The van der Waals surface area contributed by atoms with Gasteiger partial charge in [-0.25, -0.2) is 38.0 Å². The van der Waals surface area contributed by atoms with E-state index in [1.165, 1.54) is 0 Å². The molecule has 2 aromatic carbocycles. The van der Waals surface area contributed by atoms with Gasteiger partial charge in [0.2, 0.25) is 23.3 Å². The van der Waals surface area contributed by atoms with Crippen LogP contribution in [0, 0.1) is 13.1 Å². The quantitative estimate of drug-likeness (QED) is 0.103. The zero-order valence-electron chi connectivity index (χ0n) is 38.9.